The summed E-state index contributed by atoms with van der Waals surface area (Å²) in [5.74, 6) is -1.66. The maximum atomic E-state index is 12.7. The summed E-state index contributed by atoms with van der Waals surface area (Å²) in [5.41, 5.74) is 0.699. The molecule has 2 amide bonds. The number of β-lactam (4-membered cyclic amide) rings is 1. The largest absolute Gasteiger partial charge is 0.477 e. The third-order valence-electron chi connectivity index (χ3n) is 4.94. The summed E-state index contributed by atoms with van der Waals surface area (Å²) >= 11 is 6.00. The second kappa shape index (κ2) is 5.77. The quantitative estimate of drug-likeness (QED) is 0.832. The molecule has 0 aromatic heterocycles. The lowest BCUT2D eigenvalue weighted by atomic mass is 9.84. The monoisotopic (exact) mass is 362 g/mol. The Bertz CT molecular complexity index is 793. The molecular weight excluding hydrogens is 348 g/mol. The molecule has 1 aromatic rings. The van der Waals surface area contributed by atoms with E-state index in [4.69, 9.17) is 16.3 Å². The van der Waals surface area contributed by atoms with Crippen LogP contribution in [0.15, 0.2) is 41.1 Å². The van der Waals surface area contributed by atoms with Gasteiger partial charge in [0.05, 0.1) is 12.1 Å². The van der Waals surface area contributed by atoms with Crippen molar-refractivity contribution in [1.82, 2.24) is 9.80 Å². The number of carbonyl (C=O) groups excluding carboxylic acids is 2. The molecular formula is C17H15ClN2O5. The highest BCUT2D eigenvalue weighted by molar-refractivity contribution is 6.32. The van der Waals surface area contributed by atoms with E-state index in [1.807, 2.05) is 30.3 Å². The summed E-state index contributed by atoms with van der Waals surface area (Å²) in [5, 5.41) is 9.51. The van der Waals surface area contributed by atoms with E-state index in [0.29, 0.717) is 12.8 Å². The lowest BCUT2D eigenvalue weighted by Crippen LogP contribution is -2.71. The zero-order chi connectivity index (χ0) is 17.7. The van der Waals surface area contributed by atoms with E-state index < -0.39 is 30.1 Å². The summed E-state index contributed by atoms with van der Waals surface area (Å²) in [7, 11) is 0. The molecule has 3 atom stereocenters. The number of carboxylic acid groups (broad SMARTS) is 1. The second-order valence-electron chi connectivity index (χ2n) is 6.23. The number of hydrogen-bond acceptors (Lipinski definition) is 4. The molecule has 2 fully saturated rings. The van der Waals surface area contributed by atoms with Crippen LogP contribution >= 0.6 is 11.6 Å². The number of allylic oxidation sites excluding steroid dienone is 1. The Kier molecular flexibility index (Phi) is 3.68. The smallest absolute Gasteiger partial charge is 0.411 e. The van der Waals surface area contributed by atoms with Gasteiger partial charge in [0.2, 0.25) is 0 Å². The van der Waals surface area contributed by atoms with E-state index in [9.17, 15) is 19.5 Å². The predicted octanol–water partition coefficient (Wildman–Crippen LogP) is 2.09. The molecule has 8 heteroatoms. The van der Waals surface area contributed by atoms with Gasteiger partial charge in [0.15, 0.2) is 0 Å². The van der Waals surface area contributed by atoms with Crippen LogP contribution in [0.1, 0.15) is 24.4 Å². The number of aliphatic carboxylic acids is 1. The maximum Gasteiger partial charge on any atom is 0.411 e. The van der Waals surface area contributed by atoms with Crippen molar-refractivity contribution in [2.45, 2.75) is 31.0 Å². The number of nitrogens with zero attached hydrogens (tertiary/aromatic N) is 2. The standard InChI is InChI=1S/C17H15ClN2O5/c18-10-6-7-11-14(15(21)19(11)13(10)16(22)23)20-12(8-25-17(20)24)9-4-2-1-3-5-9/h1-5,11-12,14H,6-8H2,(H,22,23)/t11-,12-,14+/m1/s1. The first-order valence-electron chi connectivity index (χ1n) is 7.95. The van der Waals surface area contributed by atoms with Gasteiger partial charge in [-0.25, -0.2) is 9.59 Å². The number of amides is 2. The molecule has 3 aliphatic heterocycles. The SMILES string of the molecule is O=C(O)C1=C(Cl)CC[C@@H]2[C@H](N3C(=O)OC[C@@H]3c3ccccc3)C(=O)N12. The van der Waals surface area contributed by atoms with Crippen molar-refractivity contribution < 1.29 is 24.2 Å². The number of ether oxygens (including phenoxy) is 1. The number of fused-ring (bicyclic) bond motifs is 1. The van der Waals surface area contributed by atoms with Crippen molar-refractivity contribution in [2.75, 3.05) is 6.61 Å². The Labute approximate surface area is 148 Å². The van der Waals surface area contributed by atoms with Gasteiger partial charge in [0.1, 0.15) is 18.3 Å². The van der Waals surface area contributed by atoms with Crippen molar-refractivity contribution in [3.63, 3.8) is 0 Å². The number of carboxylic acids is 1. The van der Waals surface area contributed by atoms with Crippen molar-refractivity contribution in [3.8, 4) is 0 Å². The molecule has 0 saturated carbocycles. The van der Waals surface area contributed by atoms with E-state index in [-0.39, 0.29) is 23.4 Å². The van der Waals surface area contributed by atoms with E-state index in [1.165, 1.54) is 9.80 Å². The average molecular weight is 363 g/mol. The van der Waals surface area contributed by atoms with Crippen LogP contribution in [0.2, 0.25) is 0 Å². The van der Waals surface area contributed by atoms with Crippen LogP contribution in [-0.2, 0) is 14.3 Å². The summed E-state index contributed by atoms with van der Waals surface area (Å²) in [6.07, 6.45) is 0.328. The second-order valence-corrected chi connectivity index (χ2v) is 6.68. The van der Waals surface area contributed by atoms with E-state index in [2.05, 4.69) is 0 Å². The Morgan fingerprint density at radius 2 is 1.96 bits per heavy atom. The topological polar surface area (TPSA) is 87.1 Å². The highest BCUT2D eigenvalue weighted by Crippen LogP contribution is 2.43. The summed E-state index contributed by atoms with van der Waals surface area (Å²) in [4.78, 5) is 39.0. The van der Waals surface area contributed by atoms with Gasteiger partial charge in [-0.1, -0.05) is 41.9 Å². The van der Waals surface area contributed by atoms with E-state index in [0.717, 1.165) is 5.56 Å². The van der Waals surface area contributed by atoms with Crippen LogP contribution in [0.3, 0.4) is 0 Å². The van der Waals surface area contributed by atoms with Gasteiger partial charge in [0.25, 0.3) is 5.91 Å². The normalized spacial score (nSPS) is 28.6. The van der Waals surface area contributed by atoms with Gasteiger partial charge in [-0.05, 0) is 18.4 Å². The Morgan fingerprint density at radius 1 is 1.24 bits per heavy atom. The molecule has 3 heterocycles. The minimum atomic E-state index is -1.23. The molecule has 25 heavy (non-hydrogen) atoms. The molecule has 0 bridgehead atoms. The average Bonchev–Trinajstić information content (AvgIpc) is 2.97. The van der Waals surface area contributed by atoms with Crippen LogP contribution < -0.4 is 0 Å². The molecule has 3 aliphatic rings. The third kappa shape index (κ3) is 2.30. The first kappa shape index (κ1) is 16.0. The number of benzene rings is 1. The number of cyclic esters (lactones) is 1. The van der Waals surface area contributed by atoms with Gasteiger partial charge < -0.3 is 9.84 Å². The Morgan fingerprint density at radius 3 is 2.64 bits per heavy atom. The Hall–Kier alpha value is -2.54. The lowest BCUT2D eigenvalue weighted by Gasteiger charge is -2.52. The van der Waals surface area contributed by atoms with E-state index >= 15 is 0 Å². The Balaban J connectivity index is 1.66. The zero-order valence-corrected chi connectivity index (χ0v) is 13.8. The first-order chi connectivity index (χ1) is 12.0. The van der Waals surface area contributed by atoms with Gasteiger partial charge >= 0.3 is 12.1 Å². The van der Waals surface area contributed by atoms with Crippen molar-refractivity contribution in [2.24, 2.45) is 0 Å². The van der Waals surface area contributed by atoms with Crippen molar-refractivity contribution >= 4 is 29.6 Å². The van der Waals surface area contributed by atoms with Crippen molar-refractivity contribution in [1.29, 1.82) is 0 Å². The lowest BCUT2D eigenvalue weighted by molar-refractivity contribution is -0.159. The van der Waals surface area contributed by atoms with Crippen LogP contribution in [0, 0.1) is 0 Å². The minimum Gasteiger partial charge on any atom is -0.477 e. The molecule has 1 aromatic carbocycles. The van der Waals surface area contributed by atoms with Gasteiger partial charge in [-0.2, -0.15) is 0 Å². The minimum absolute atomic E-state index is 0.166. The zero-order valence-electron chi connectivity index (χ0n) is 13.1. The molecule has 1 N–H and O–H groups in total. The highest BCUT2D eigenvalue weighted by Gasteiger charge is 2.59. The molecule has 130 valence electrons. The summed E-state index contributed by atoms with van der Waals surface area (Å²) in [6, 6.07) is 7.86. The van der Waals surface area contributed by atoms with E-state index in [1.54, 1.807) is 0 Å². The van der Waals surface area contributed by atoms with Crippen LogP contribution in [0.4, 0.5) is 4.79 Å². The molecule has 2 saturated heterocycles. The molecule has 0 aliphatic carbocycles. The molecule has 0 radical (unpaired) electrons. The number of hydrogen-bond donors (Lipinski definition) is 1. The van der Waals surface area contributed by atoms with Crippen molar-refractivity contribution in [3.05, 3.63) is 46.6 Å². The van der Waals surface area contributed by atoms with Gasteiger partial charge in [-0.3, -0.25) is 14.6 Å². The molecule has 7 nitrogen and oxygen atoms in total. The number of rotatable bonds is 3. The molecule has 0 unspecified atom stereocenters. The fraction of sp³-hybridized carbons (Fsp3) is 0.353. The fourth-order valence-electron chi connectivity index (χ4n) is 3.81. The molecule has 0 spiro atoms. The predicted molar refractivity (Wildman–Crippen MR) is 86.5 cm³/mol. The highest BCUT2D eigenvalue weighted by atomic mass is 35.5. The fourth-order valence-corrected chi connectivity index (χ4v) is 4.09. The van der Waals surface area contributed by atoms with Crippen LogP contribution in [0.25, 0.3) is 0 Å². The van der Waals surface area contributed by atoms with Crippen LogP contribution in [0.5, 0.6) is 0 Å². The summed E-state index contributed by atoms with van der Waals surface area (Å²) < 4.78 is 5.17. The molecule has 4 rings (SSSR count). The maximum absolute atomic E-state index is 12.7. The number of halogens is 1. The number of carbonyl (C=O) groups is 3. The summed E-state index contributed by atoms with van der Waals surface area (Å²) in [6.45, 7) is 0.168. The van der Waals surface area contributed by atoms with Gasteiger partial charge in [-0.15, -0.1) is 0 Å². The van der Waals surface area contributed by atoms with Crippen LogP contribution in [-0.4, -0.2) is 51.6 Å². The third-order valence-corrected chi connectivity index (χ3v) is 5.31. The van der Waals surface area contributed by atoms with Gasteiger partial charge in [0, 0.05) is 5.03 Å². The first-order valence-corrected chi connectivity index (χ1v) is 8.33.